The first kappa shape index (κ1) is 22.6. The monoisotopic (exact) mass is 401 g/mol. The van der Waals surface area contributed by atoms with Crippen molar-refractivity contribution in [3.8, 4) is 5.75 Å². The number of hydrogen-bond acceptors (Lipinski definition) is 10. The molecule has 27 heavy (non-hydrogen) atoms. The first-order valence-electron chi connectivity index (χ1n) is 8.32. The van der Waals surface area contributed by atoms with E-state index in [-0.39, 0.29) is 32.2 Å². The van der Waals surface area contributed by atoms with Crippen molar-refractivity contribution in [2.45, 2.75) is 46.1 Å². The van der Waals surface area contributed by atoms with Gasteiger partial charge >= 0.3 is 17.6 Å². The van der Waals surface area contributed by atoms with Gasteiger partial charge in [-0.3, -0.25) is 4.98 Å². The summed E-state index contributed by atoms with van der Waals surface area (Å²) in [4.78, 5) is 39.9. The smallest absolute Gasteiger partial charge is 0.458 e. The second-order valence-electron chi connectivity index (χ2n) is 4.96. The molecule has 1 heterocycles. The Morgan fingerprint density at radius 1 is 0.852 bits per heavy atom. The number of thioether (sulfide) groups is 1. The van der Waals surface area contributed by atoms with E-state index in [1.54, 1.807) is 34.6 Å². The van der Waals surface area contributed by atoms with E-state index in [2.05, 4.69) is 4.98 Å². The summed E-state index contributed by atoms with van der Waals surface area (Å²) in [7, 11) is 0. The maximum Gasteiger partial charge on any atom is 0.513 e. The summed E-state index contributed by atoms with van der Waals surface area (Å²) in [5.74, 6) is 0.0511. The Morgan fingerprint density at radius 2 is 1.44 bits per heavy atom. The lowest BCUT2D eigenvalue weighted by Gasteiger charge is -2.17. The van der Waals surface area contributed by atoms with Crippen molar-refractivity contribution in [3.63, 3.8) is 0 Å². The summed E-state index contributed by atoms with van der Waals surface area (Å²) < 4.78 is 24.7. The molecule has 1 rings (SSSR count). The highest BCUT2D eigenvalue weighted by Crippen LogP contribution is 2.36. The first-order chi connectivity index (χ1) is 12.8. The number of carbonyl (C=O) groups is 3. The van der Waals surface area contributed by atoms with Gasteiger partial charge in [0.15, 0.2) is 5.75 Å². The minimum absolute atomic E-state index is 0.0511. The van der Waals surface area contributed by atoms with Gasteiger partial charge in [0.25, 0.3) is 0 Å². The Hall–Kier alpha value is -2.49. The van der Waals surface area contributed by atoms with Crippen LogP contribution in [0.4, 0.5) is 14.4 Å². The lowest BCUT2D eigenvalue weighted by Crippen LogP contribution is -2.16. The number of nitrogens with zero attached hydrogens (tertiary/aromatic N) is 1. The predicted octanol–water partition coefficient (Wildman–Crippen LogP) is 4.16. The Morgan fingerprint density at radius 3 is 2.04 bits per heavy atom. The number of aromatic nitrogens is 1. The summed E-state index contributed by atoms with van der Waals surface area (Å²) in [6.07, 6.45) is -1.82. The van der Waals surface area contributed by atoms with Crippen LogP contribution in [0.3, 0.4) is 0 Å². The number of ether oxygens (including phenoxy) is 5. The summed E-state index contributed by atoms with van der Waals surface area (Å²) in [5, 5.41) is -0.564. The van der Waals surface area contributed by atoms with Crippen LogP contribution < -0.4 is 4.74 Å². The molecule has 0 aliphatic rings. The Labute approximate surface area is 161 Å². The van der Waals surface area contributed by atoms with Crippen molar-refractivity contribution in [2.24, 2.45) is 0 Å². The zero-order valence-corrected chi connectivity index (χ0v) is 16.8. The van der Waals surface area contributed by atoms with Crippen molar-refractivity contribution in [2.75, 3.05) is 19.8 Å². The zero-order chi connectivity index (χ0) is 20.4. The fourth-order valence-corrected chi connectivity index (χ4v) is 2.86. The molecule has 0 spiro atoms. The normalized spacial score (nSPS) is 10.1. The molecule has 0 saturated carbocycles. The Balaban J connectivity index is 3.30. The second kappa shape index (κ2) is 11.3. The Bertz CT molecular complexity index is 648. The molecule has 1 aromatic rings. The molecule has 0 radical (unpaired) electrons. The van der Waals surface area contributed by atoms with Crippen LogP contribution in [0.2, 0.25) is 0 Å². The van der Waals surface area contributed by atoms with Gasteiger partial charge in [-0.2, -0.15) is 0 Å². The van der Waals surface area contributed by atoms with Crippen LogP contribution in [-0.4, -0.2) is 42.4 Å². The highest BCUT2D eigenvalue weighted by molar-refractivity contribution is 8.13. The van der Waals surface area contributed by atoms with Gasteiger partial charge in [0.1, 0.15) is 6.61 Å². The highest BCUT2D eigenvalue weighted by Gasteiger charge is 2.24. The van der Waals surface area contributed by atoms with E-state index in [9.17, 15) is 14.4 Å². The van der Waals surface area contributed by atoms with E-state index in [4.69, 9.17) is 23.7 Å². The molecule has 0 fully saturated rings. The SMILES string of the molecule is CCOC(=O)OCc1c(OC(=O)OCC)c(C)nc(C)c1SC(=O)OCC. The minimum Gasteiger partial charge on any atom is -0.458 e. The molecule has 150 valence electrons. The molecule has 0 N–H and O–H groups in total. The number of hydrogen-bond donors (Lipinski definition) is 0. The highest BCUT2D eigenvalue weighted by atomic mass is 32.2. The molecule has 0 aliphatic carbocycles. The molecule has 0 amide bonds. The predicted molar refractivity (Wildman–Crippen MR) is 96.1 cm³/mol. The van der Waals surface area contributed by atoms with Crippen LogP contribution in [0.1, 0.15) is 37.7 Å². The third-order valence-electron chi connectivity index (χ3n) is 3.03. The van der Waals surface area contributed by atoms with Crippen molar-refractivity contribution in [1.82, 2.24) is 4.98 Å². The maximum atomic E-state index is 11.9. The quantitative estimate of drug-likeness (QED) is 0.375. The van der Waals surface area contributed by atoms with Gasteiger partial charge in [0.2, 0.25) is 0 Å². The minimum atomic E-state index is -0.935. The summed E-state index contributed by atoms with van der Waals surface area (Å²) in [6, 6.07) is 0. The second-order valence-corrected chi connectivity index (χ2v) is 5.91. The summed E-state index contributed by atoms with van der Waals surface area (Å²) in [5.41, 5.74) is 1.15. The standard InChI is InChI=1S/C17H23NO8S/c1-6-22-15(19)25-9-12-13(26-16(20)23-7-2)10(4)18-11(5)14(12)27-17(21)24-8-3/h6-9H2,1-5H3. The van der Waals surface area contributed by atoms with E-state index in [0.717, 1.165) is 11.8 Å². The van der Waals surface area contributed by atoms with Crippen molar-refractivity contribution >= 4 is 29.4 Å². The van der Waals surface area contributed by atoms with Gasteiger partial charge in [-0.15, -0.1) is 0 Å². The molecule has 0 unspecified atom stereocenters. The van der Waals surface area contributed by atoms with Gasteiger partial charge in [-0.1, -0.05) is 0 Å². The van der Waals surface area contributed by atoms with Gasteiger partial charge in [-0.25, -0.2) is 14.4 Å². The van der Waals surface area contributed by atoms with Crippen molar-refractivity contribution in [1.29, 1.82) is 0 Å². The van der Waals surface area contributed by atoms with E-state index in [1.807, 2.05) is 0 Å². The summed E-state index contributed by atoms with van der Waals surface area (Å²) >= 11 is 0.762. The molecule has 1 aromatic heterocycles. The molecule has 0 bridgehead atoms. The Kier molecular flexibility index (Phi) is 9.41. The van der Waals surface area contributed by atoms with E-state index in [1.165, 1.54) is 0 Å². The van der Waals surface area contributed by atoms with Gasteiger partial charge in [0, 0.05) is 0 Å². The van der Waals surface area contributed by atoms with Gasteiger partial charge < -0.3 is 23.7 Å². The number of carbonyl (C=O) groups excluding carboxylic acids is 3. The van der Waals surface area contributed by atoms with Crippen LogP contribution in [-0.2, 0) is 25.6 Å². The molecule has 0 saturated heterocycles. The third-order valence-corrected chi connectivity index (χ3v) is 4.06. The van der Waals surface area contributed by atoms with E-state index >= 15 is 0 Å². The molecule has 0 aliphatic heterocycles. The molecule has 9 nitrogen and oxygen atoms in total. The van der Waals surface area contributed by atoms with Crippen LogP contribution in [0.15, 0.2) is 4.90 Å². The van der Waals surface area contributed by atoms with E-state index in [0.29, 0.717) is 21.8 Å². The topological polar surface area (TPSA) is 110 Å². The van der Waals surface area contributed by atoms with Crippen molar-refractivity contribution < 1.29 is 38.1 Å². The lowest BCUT2D eigenvalue weighted by molar-refractivity contribution is 0.0522. The molecule has 0 atom stereocenters. The van der Waals surface area contributed by atoms with E-state index < -0.39 is 17.6 Å². The lowest BCUT2D eigenvalue weighted by atomic mass is 10.2. The third kappa shape index (κ3) is 6.97. The average Bonchev–Trinajstić information content (AvgIpc) is 2.59. The number of rotatable bonds is 7. The van der Waals surface area contributed by atoms with Crippen LogP contribution in [0, 0.1) is 13.8 Å². The van der Waals surface area contributed by atoms with Crippen molar-refractivity contribution in [3.05, 3.63) is 17.0 Å². The van der Waals surface area contributed by atoms with Crippen LogP contribution >= 0.6 is 11.8 Å². The largest absolute Gasteiger partial charge is 0.513 e. The van der Waals surface area contributed by atoms with Crippen LogP contribution in [0.25, 0.3) is 0 Å². The molecular weight excluding hydrogens is 378 g/mol. The number of aryl methyl sites for hydroxylation is 2. The fourth-order valence-electron chi connectivity index (χ4n) is 2.05. The number of pyridine rings is 1. The fraction of sp³-hybridized carbons (Fsp3) is 0.529. The maximum absolute atomic E-state index is 11.9. The van der Waals surface area contributed by atoms with Gasteiger partial charge in [-0.05, 0) is 46.4 Å². The van der Waals surface area contributed by atoms with Crippen LogP contribution in [0.5, 0.6) is 5.75 Å². The molecular formula is C17H23NO8S. The first-order valence-corrected chi connectivity index (χ1v) is 9.14. The average molecular weight is 401 g/mol. The zero-order valence-electron chi connectivity index (χ0n) is 15.9. The molecule has 10 heteroatoms. The molecule has 0 aromatic carbocycles. The summed E-state index contributed by atoms with van der Waals surface area (Å²) in [6.45, 7) is 8.42. The van der Waals surface area contributed by atoms with Gasteiger partial charge in [0.05, 0.1) is 41.7 Å².